The number of benzene rings is 1. The van der Waals surface area contributed by atoms with Gasteiger partial charge in [0.25, 0.3) is 0 Å². The monoisotopic (exact) mass is 267 g/mol. The zero-order chi connectivity index (χ0) is 13.8. The first kappa shape index (κ1) is 13.8. The van der Waals surface area contributed by atoms with E-state index in [4.69, 9.17) is 0 Å². The number of carbonyl (C=O) groups excluding carboxylic acids is 1. The molecule has 0 radical (unpaired) electrons. The van der Waals surface area contributed by atoms with Gasteiger partial charge in [-0.05, 0) is 12.1 Å². The second-order valence-corrected chi connectivity index (χ2v) is 4.34. The number of rotatable bonds is 2. The van der Waals surface area contributed by atoms with E-state index in [1.54, 1.807) is 24.3 Å². The summed E-state index contributed by atoms with van der Waals surface area (Å²) in [6.07, 6.45) is -2.20. The first-order chi connectivity index (χ1) is 9.13. The van der Waals surface area contributed by atoms with Gasteiger partial charge in [0.1, 0.15) is 12.1 Å². The van der Waals surface area contributed by atoms with Gasteiger partial charge in [0.2, 0.25) is 0 Å². The smallest absolute Gasteiger partial charge is 0.336 e. The molecule has 5 N–H and O–H groups in total. The molecule has 0 bridgehead atoms. The second-order valence-electron chi connectivity index (χ2n) is 4.34. The minimum atomic E-state index is -1.19. The van der Waals surface area contributed by atoms with Gasteiger partial charge in [-0.3, -0.25) is 5.01 Å². The molecular formula is C12H17N3O4. The van der Waals surface area contributed by atoms with E-state index in [9.17, 15) is 20.1 Å². The predicted molar refractivity (Wildman–Crippen MR) is 68.2 cm³/mol. The van der Waals surface area contributed by atoms with Crippen LogP contribution in [0.4, 0.5) is 10.5 Å². The van der Waals surface area contributed by atoms with Crippen LogP contribution in [0, 0.1) is 0 Å². The van der Waals surface area contributed by atoms with E-state index in [1.807, 2.05) is 6.07 Å². The first-order valence-corrected chi connectivity index (χ1v) is 5.99. The number of para-hydroxylation sites is 1. The van der Waals surface area contributed by atoms with Crippen LogP contribution in [0.25, 0.3) is 0 Å². The second kappa shape index (κ2) is 5.98. The van der Waals surface area contributed by atoms with Gasteiger partial charge < -0.3 is 20.6 Å². The summed E-state index contributed by atoms with van der Waals surface area (Å²) in [5.74, 6) is 0. The number of amides is 2. The predicted octanol–water partition coefficient (Wildman–Crippen LogP) is -0.879. The lowest BCUT2D eigenvalue weighted by molar-refractivity contribution is -0.0884. The minimum absolute atomic E-state index is 0.0415. The van der Waals surface area contributed by atoms with Crippen LogP contribution in [-0.2, 0) is 0 Å². The lowest BCUT2D eigenvalue weighted by Crippen LogP contribution is -2.66. The third kappa shape index (κ3) is 3.02. The van der Waals surface area contributed by atoms with Gasteiger partial charge in [-0.25, -0.2) is 10.2 Å². The molecule has 0 spiro atoms. The van der Waals surface area contributed by atoms with Crippen LogP contribution in [0.15, 0.2) is 30.3 Å². The van der Waals surface area contributed by atoms with E-state index in [0.29, 0.717) is 5.69 Å². The quantitative estimate of drug-likeness (QED) is 0.479. The molecule has 1 heterocycles. The van der Waals surface area contributed by atoms with Gasteiger partial charge in [0.15, 0.2) is 0 Å². The largest absolute Gasteiger partial charge is 0.394 e. The Morgan fingerprint density at radius 1 is 1.37 bits per heavy atom. The van der Waals surface area contributed by atoms with Gasteiger partial charge in [0.05, 0.1) is 12.7 Å². The van der Waals surface area contributed by atoms with E-state index >= 15 is 0 Å². The molecule has 1 saturated heterocycles. The SMILES string of the molecule is O=C(Nc1ccccc1)N1NC[C@@H](O)[C@H](O)[C@H]1CO. The number of carbonyl (C=O) groups is 1. The van der Waals surface area contributed by atoms with E-state index in [2.05, 4.69) is 10.7 Å². The van der Waals surface area contributed by atoms with Crippen molar-refractivity contribution in [3.05, 3.63) is 30.3 Å². The fraction of sp³-hybridized carbons (Fsp3) is 0.417. The molecule has 0 saturated carbocycles. The highest BCUT2D eigenvalue weighted by Crippen LogP contribution is 2.14. The van der Waals surface area contributed by atoms with E-state index < -0.39 is 30.9 Å². The molecule has 0 aromatic heterocycles. The molecule has 1 aromatic rings. The van der Waals surface area contributed by atoms with E-state index in [-0.39, 0.29) is 6.54 Å². The van der Waals surface area contributed by atoms with Crippen molar-refractivity contribution in [2.45, 2.75) is 18.2 Å². The third-order valence-electron chi connectivity index (χ3n) is 3.02. The van der Waals surface area contributed by atoms with Crippen LogP contribution in [0.3, 0.4) is 0 Å². The molecule has 1 aliphatic heterocycles. The maximum Gasteiger partial charge on any atom is 0.336 e. The molecule has 1 aliphatic rings. The Bertz CT molecular complexity index is 428. The molecule has 0 aliphatic carbocycles. The van der Waals surface area contributed by atoms with Gasteiger partial charge in [-0.1, -0.05) is 18.2 Å². The number of nitrogens with zero attached hydrogens (tertiary/aromatic N) is 1. The van der Waals surface area contributed by atoms with Crippen molar-refractivity contribution in [2.75, 3.05) is 18.5 Å². The molecule has 104 valence electrons. The number of hydrogen-bond donors (Lipinski definition) is 5. The summed E-state index contributed by atoms with van der Waals surface area (Å²) in [6.45, 7) is -0.409. The van der Waals surface area contributed by atoms with Gasteiger partial charge in [-0.2, -0.15) is 0 Å². The Labute approximate surface area is 110 Å². The molecule has 1 fully saturated rings. The molecule has 1 aromatic carbocycles. The number of aliphatic hydroxyl groups excluding tert-OH is 3. The van der Waals surface area contributed by atoms with Crippen LogP contribution in [-0.4, -0.2) is 57.8 Å². The van der Waals surface area contributed by atoms with Gasteiger partial charge in [-0.15, -0.1) is 0 Å². The maximum absolute atomic E-state index is 12.0. The molecule has 19 heavy (non-hydrogen) atoms. The highest BCUT2D eigenvalue weighted by atomic mass is 16.3. The highest BCUT2D eigenvalue weighted by molar-refractivity contribution is 5.89. The van der Waals surface area contributed by atoms with Crippen molar-refractivity contribution < 1.29 is 20.1 Å². The van der Waals surface area contributed by atoms with Crippen molar-refractivity contribution in [2.24, 2.45) is 0 Å². The number of aliphatic hydroxyl groups is 3. The summed E-state index contributed by atoms with van der Waals surface area (Å²) in [5, 5.41) is 32.2. The Hall–Kier alpha value is -1.67. The summed E-state index contributed by atoms with van der Waals surface area (Å²) in [5.41, 5.74) is 3.27. The van der Waals surface area contributed by atoms with Crippen LogP contribution >= 0.6 is 0 Å². The Balaban J connectivity index is 2.05. The topological polar surface area (TPSA) is 105 Å². The molecule has 3 atom stereocenters. The average molecular weight is 267 g/mol. The van der Waals surface area contributed by atoms with Crippen LogP contribution < -0.4 is 10.7 Å². The molecular weight excluding hydrogens is 250 g/mol. The molecule has 7 nitrogen and oxygen atoms in total. The summed E-state index contributed by atoms with van der Waals surface area (Å²) in [4.78, 5) is 12.0. The lowest BCUT2D eigenvalue weighted by atomic mass is 10.0. The zero-order valence-electron chi connectivity index (χ0n) is 10.2. The summed E-state index contributed by atoms with van der Waals surface area (Å²) < 4.78 is 0. The number of hydrazine groups is 1. The molecule has 2 rings (SSSR count). The average Bonchev–Trinajstić information content (AvgIpc) is 2.42. The van der Waals surface area contributed by atoms with Gasteiger partial charge >= 0.3 is 6.03 Å². The Morgan fingerprint density at radius 3 is 2.68 bits per heavy atom. The van der Waals surface area contributed by atoms with Crippen molar-refractivity contribution in [1.82, 2.24) is 10.4 Å². The maximum atomic E-state index is 12.0. The summed E-state index contributed by atoms with van der Waals surface area (Å²) in [7, 11) is 0. The van der Waals surface area contributed by atoms with E-state index in [1.165, 1.54) is 0 Å². The molecule has 2 amide bonds. The van der Waals surface area contributed by atoms with Gasteiger partial charge in [0, 0.05) is 12.2 Å². The summed E-state index contributed by atoms with van der Waals surface area (Å²) in [6, 6.07) is 7.43. The van der Waals surface area contributed by atoms with Crippen molar-refractivity contribution in [3.63, 3.8) is 0 Å². The normalized spacial score (nSPS) is 27.1. The number of hydrogen-bond acceptors (Lipinski definition) is 5. The Morgan fingerprint density at radius 2 is 2.05 bits per heavy atom. The number of anilines is 1. The highest BCUT2D eigenvalue weighted by Gasteiger charge is 2.38. The van der Waals surface area contributed by atoms with Crippen LogP contribution in [0.2, 0.25) is 0 Å². The van der Waals surface area contributed by atoms with Crippen molar-refractivity contribution in [1.29, 1.82) is 0 Å². The fourth-order valence-electron chi connectivity index (χ4n) is 1.96. The first-order valence-electron chi connectivity index (χ1n) is 5.99. The third-order valence-corrected chi connectivity index (χ3v) is 3.02. The lowest BCUT2D eigenvalue weighted by Gasteiger charge is -2.40. The standard InChI is InChI=1S/C12H17N3O4/c16-7-9-11(18)10(17)6-13-15(9)12(19)14-8-4-2-1-3-5-8/h1-5,9-11,13,16-18H,6-7H2,(H,14,19)/t9-,10-,11-/m1/s1. The fourth-order valence-corrected chi connectivity index (χ4v) is 1.96. The number of urea groups is 1. The molecule has 7 heteroatoms. The minimum Gasteiger partial charge on any atom is -0.394 e. The summed E-state index contributed by atoms with van der Waals surface area (Å²) >= 11 is 0. The van der Waals surface area contributed by atoms with Crippen molar-refractivity contribution in [3.8, 4) is 0 Å². The van der Waals surface area contributed by atoms with Crippen LogP contribution in [0.1, 0.15) is 0 Å². The number of β-amino-alcohol motifs (C(OH)–C–C–N with tert-alkyl or cyclic N) is 1. The van der Waals surface area contributed by atoms with Crippen molar-refractivity contribution >= 4 is 11.7 Å². The Kier molecular flexibility index (Phi) is 4.33. The molecule has 0 unspecified atom stereocenters. The van der Waals surface area contributed by atoms with E-state index in [0.717, 1.165) is 5.01 Å². The van der Waals surface area contributed by atoms with Crippen LogP contribution in [0.5, 0.6) is 0 Å². The number of nitrogens with one attached hydrogen (secondary N) is 2. The zero-order valence-corrected chi connectivity index (χ0v) is 10.2.